The third-order valence-corrected chi connectivity index (χ3v) is 4.56. The monoisotopic (exact) mass is 311 g/mol. The van der Waals surface area contributed by atoms with Gasteiger partial charge in [-0.1, -0.05) is 26.0 Å². The number of benzene rings is 1. The van der Waals surface area contributed by atoms with Gasteiger partial charge in [0.15, 0.2) is 0 Å². The van der Waals surface area contributed by atoms with Gasteiger partial charge in [0.1, 0.15) is 17.4 Å². The molecule has 0 N–H and O–H groups in total. The molecule has 122 valence electrons. The molecule has 1 aromatic heterocycles. The van der Waals surface area contributed by atoms with Crippen LogP contribution in [0, 0.1) is 0 Å². The Bertz CT molecular complexity index is 649. The molecule has 4 heteroatoms. The van der Waals surface area contributed by atoms with E-state index in [1.54, 1.807) is 7.11 Å². The van der Waals surface area contributed by atoms with E-state index < -0.39 is 0 Å². The van der Waals surface area contributed by atoms with Gasteiger partial charge in [0.05, 0.1) is 7.11 Å². The molecule has 0 atom stereocenters. The molecule has 0 spiro atoms. The van der Waals surface area contributed by atoms with Crippen molar-refractivity contribution >= 4 is 5.82 Å². The lowest BCUT2D eigenvalue weighted by molar-refractivity contribution is 0.412. The quantitative estimate of drug-likeness (QED) is 0.855. The van der Waals surface area contributed by atoms with Gasteiger partial charge >= 0.3 is 0 Å². The normalized spacial score (nSPS) is 15.9. The minimum atomic E-state index is 0.365. The maximum absolute atomic E-state index is 5.34. The second-order valence-corrected chi connectivity index (χ2v) is 6.47. The van der Waals surface area contributed by atoms with Crippen LogP contribution in [-0.2, 0) is 0 Å². The Balaban J connectivity index is 1.67. The fraction of sp³-hybridized carbons (Fsp3) is 0.474. The highest BCUT2D eigenvalue weighted by molar-refractivity contribution is 5.39. The SMILES string of the molecule is COc1cccc(C2CCN(c3ccnc(C(C)C)n3)CC2)c1. The van der Waals surface area contributed by atoms with Crippen LogP contribution in [0.2, 0.25) is 0 Å². The lowest BCUT2D eigenvalue weighted by Crippen LogP contribution is -2.33. The van der Waals surface area contributed by atoms with E-state index in [1.807, 2.05) is 18.3 Å². The van der Waals surface area contributed by atoms with Crippen molar-refractivity contribution in [2.24, 2.45) is 0 Å². The third kappa shape index (κ3) is 3.63. The highest BCUT2D eigenvalue weighted by Gasteiger charge is 2.22. The number of hydrogen-bond acceptors (Lipinski definition) is 4. The highest BCUT2D eigenvalue weighted by Crippen LogP contribution is 2.31. The first-order valence-electron chi connectivity index (χ1n) is 8.39. The summed E-state index contributed by atoms with van der Waals surface area (Å²) >= 11 is 0. The van der Waals surface area contributed by atoms with E-state index >= 15 is 0 Å². The summed E-state index contributed by atoms with van der Waals surface area (Å²) in [7, 11) is 1.73. The topological polar surface area (TPSA) is 38.2 Å². The molecule has 0 amide bonds. The second kappa shape index (κ2) is 6.99. The van der Waals surface area contributed by atoms with Crippen LogP contribution in [0.5, 0.6) is 5.75 Å². The number of anilines is 1. The number of methoxy groups -OCH3 is 1. The molecule has 1 saturated heterocycles. The fourth-order valence-electron chi connectivity index (χ4n) is 3.16. The van der Waals surface area contributed by atoms with Gasteiger partial charge in [0.25, 0.3) is 0 Å². The maximum Gasteiger partial charge on any atom is 0.133 e. The van der Waals surface area contributed by atoms with Crippen molar-refractivity contribution in [2.75, 3.05) is 25.1 Å². The lowest BCUT2D eigenvalue weighted by atomic mass is 9.89. The van der Waals surface area contributed by atoms with Crippen LogP contribution in [0.25, 0.3) is 0 Å². The first-order valence-corrected chi connectivity index (χ1v) is 8.39. The number of hydrogen-bond donors (Lipinski definition) is 0. The van der Waals surface area contributed by atoms with Crippen molar-refractivity contribution in [2.45, 2.75) is 38.5 Å². The van der Waals surface area contributed by atoms with Crippen molar-refractivity contribution in [1.29, 1.82) is 0 Å². The van der Waals surface area contributed by atoms with Crippen molar-refractivity contribution < 1.29 is 4.74 Å². The van der Waals surface area contributed by atoms with Crippen molar-refractivity contribution in [1.82, 2.24) is 9.97 Å². The zero-order valence-corrected chi connectivity index (χ0v) is 14.2. The van der Waals surface area contributed by atoms with Crippen LogP contribution < -0.4 is 9.64 Å². The summed E-state index contributed by atoms with van der Waals surface area (Å²) in [6.07, 6.45) is 4.17. The molecule has 1 fully saturated rings. The molecule has 0 bridgehead atoms. The standard InChI is InChI=1S/C19H25N3O/c1-14(2)19-20-10-7-18(21-19)22-11-8-15(9-12-22)16-5-4-6-17(13-16)23-3/h4-7,10,13-15H,8-9,11-12H2,1-3H3. The number of nitrogens with zero attached hydrogens (tertiary/aromatic N) is 3. The molecule has 1 aromatic carbocycles. The van der Waals surface area contributed by atoms with Crippen LogP contribution >= 0.6 is 0 Å². The third-order valence-electron chi connectivity index (χ3n) is 4.56. The van der Waals surface area contributed by atoms with Crippen LogP contribution in [0.15, 0.2) is 36.5 Å². The summed E-state index contributed by atoms with van der Waals surface area (Å²) in [5.41, 5.74) is 1.38. The molecular formula is C19H25N3O. The number of piperidine rings is 1. The van der Waals surface area contributed by atoms with Gasteiger partial charge in [0.2, 0.25) is 0 Å². The average Bonchev–Trinajstić information content (AvgIpc) is 2.62. The van der Waals surface area contributed by atoms with Crippen LogP contribution in [0.4, 0.5) is 5.82 Å². The van der Waals surface area contributed by atoms with Crippen LogP contribution in [-0.4, -0.2) is 30.2 Å². The molecule has 3 rings (SSSR count). The van der Waals surface area contributed by atoms with Gasteiger partial charge in [-0.15, -0.1) is 0 Å². The minimum absolute atomic E-state index is 0.365. The Morgan fingerprint density at radius 1 is 1.17 bits per heavy atom. The van der Waals surface area contributed by atoms with E-state index in [0.29, 0.717) is 11.8 Å². The number of rotatable bonds is 4. The van der Waals surface area contributed by atoms with E-state index in [-0.39, 0.29) is 0 Å². The average molecular weight is 311 g/mol. The summed E-state index contributed by atoms with van der Waals surface area (Å²) in [6, 6.07) is 10.5. The Morgan fingerprint density at radius 3 is 2.65 bits per heavy atom. The van der Waals surface area contributed by atoms with Gasteiger partial charge in [0, 0.05) is 25.2 Å². The van der Waals surface area contributed by atoms with E-state index in [2.05, 4.69) is 41.9 Å². The molecule has 23 heavy (non-hydrogen) atoms. The van der Waals surface area contributed by atoms with Crippen molar-refractivity contribution in [3.8, 4) is 5.75 Å². The lowest BCUT2D eigenvalue weighted by Gasteiger charge is -2.33. The summed E-state index contributed by atoms with van der Waals surface area (Å²) in [6.45, 7) is 6.34. The molecule has 0 saturated carbocycles. The summed E-state index contributed by atoms with van der Waals surface area (Å²) < 4.78 is 5.34. The molecule has 4 nitrogen and oxygen atoms in total. The Labute approximate surface area is 138 Å². The Hall–Kier alpha value is -2.10. The van der Waals surface area contributed by atoms with Gasteiger partial charge < -0.3 is 9.64 Å². The summed E-state index contributed by atoms with van der Waals surface area (Å²) in [4.78, 5) is 11.5. The zero-order chi connectivity index (χ0) is 16.2. The first kappa shape index (κ1) is 15.8. The molecule has 2 heterocycles. The molecule has 0 unspecified atom stereocenters. The smallest absolute Gasteiger partial charge is 0.133 e. The fourth-order valence-corrected chi connectivity index (χ4v) is 3.16. The van der Waals surface area contributed by atoms with Gasteiger partial charge in [-0.25, -0.2) is 9.97 Å². The van der Waals surface area contributed by atoms with Crippen molar-refractivity contribution in [3.05, 3.63) is 47.9 Å². The number of aromatic nitrogens is 2. The summed E-state index contributed by atoms with van der Waals surface area (Å²) in [5.74, 6) is 3.91. The molecule has 2 aromatic rings. The molecular weight excluding hydrogens is 286 g/mol. The summed E-state index contributed by atoms with van der Waals surface area (Å²) in [5, 5.41) is 0. The van der Waals surface area contributed by atoms with E-state index in [4.69, 9.17) is 9.72 Å². The van der Waals surface area contributed by atoms with Gasteiger partial charge in [-0.05, 0) is 42.5 Å². The highest BCUT2D eigenvalue weighted by atomic mass is 16.5. The van der Waals surface area contributed by atoms with Crippen molar-refractivity contribution in [3.63, 3.8) is 0 Å². The van der Waals surface area contributed by atoms with Crippen LogP contribution in [0.1, 0.15) is 49.9 Å². The second-order valence-electron chi connectivity index (χ2n) is 6.47. The minimum Gasteiger partial charge on any atom is -0.497 e. The van der Waals surface area contributed by atoms with Gasteiger partial charge in [-0.3, -0.25) is 0 Å². The van der Waals surface area contributed by atoms with E-state index in [0.717, 1.165) is 43.3 Å². The molecule has 1 aliphatic rings. The first-order chi connectivity index (χ1) is 11.2. The Kier molecular flexibility index (Phi) is 4.79. The molecule has 0 aliphatic carbocycles. The molecule has 1 aliphatic heterocycles. The zero-order valence-electron chi connectivity index (χ0n) is 14.2. The largest absolute Gasteiger partial charge is 0.497 e. The predicted molar refractivity (Wildman–Crippen MR) is 93.3 cm³/mol. The van der Waals surface area contributed by atoms with E-state index in [1.165, 1.54) is 5.56 Å². The molecule has 0 radical (unpaired) electrons. The van der Waals surface area contributed by atoms with Gasteiger partial charge in [-0.2, -0.15) is 0 Å². The number of ether oxygens (including phenoxy) is 1. The maximum atomic E-state index is 5.34. The predicted octanol–water partition coefficient (Wildman–Crippen LogP) is 3.99. The van der Waals surface area contributed by atoms with E-state index in [9.17, 15) is 0 Å². The van der Waals surface area contributed by atoms with Crippen LogP contribution in [0.3, 0.4) is 0 Å². The Morgan fingerprint density at radius 2 is 1.96 bits per heavy atom.